The van der Waals surface area contributed by atoms with Crippen LogP contribution in [0, 0.1) is 0 Å². The lowest BCUT2D eigenvalue weighted by Gasteiger charge is -2.14. The predicted molar refractivity (Wildman–Crippen MR) is 99.7 cm³/mol. The Morgan fingerprint density at radius 2 is 1.81 bits per heavy atom. The van der Waals surface area contributed by atoms with Crippen molar-refractivity contribution in [3.63, 3.8) is 0 Å². The second kappa shape index (κ2) is 9.59. The van der Waals surface area contributed by atoms with Gasteiger partial charge >= 0.3 is 12.0 Å². The van der Waals surface area contributed by atoms with Gasteiger partial charge in [-0.1, -0.05) is 41.9 Å². The number of ether oxygens (including phenoxy) is 2. The number of amides is 3. The van der Waals surface area contributed by atoms with Crippen molar-refractivity contribution >= 4 is 29.5 Å². The van der Waals surface area contributed by atoms with Crippen molar-refractivity contribution in [2.45, 2.75) is 19.6 Å². The summed E-state index contributed by atoms with van der Waals surface area (Å²) in [5.74, 6) is -1.28. The number of benzene rings is 2. The lowest BCUT2D eigenvalue weighted by atomic mass is 10.2. The van der Waals surface area contributed by atoms with Gasteiger partial charge < -0.3 is 14.8 Å². The fourth-order valence-corrected chi connectivity index (χ4v) is 2.33. The van der Waals surface area contributed by atoms with Crippen molar-refractivity contribution in [3.8, 4) is 5.75 Å². The highest BCUT2D eigenvalue weighted by Gasteiger charge is 2.23. The van der Waals surface area contributed by atoms with Crippen LogP contribution in [0.2, 0.25) is 5.02 Å². The number of nitrogens with one attached hydrogen (secondary N) is 2. The number of carbonyl (C=O) groups is 3. The number of halogens is 1. The van der Waals surface area contributed by atoms with Gasteiger partial charge in [-0.15, -0.1) is 0 Å². The van der Waals surface area contributed by atoms with Gasteiger partial charge in [0.05, 0.1) is 7.11 Å². The molecule has 142 valence electrons. The van der Waals surface area contributed by atoms with Crippen LogP contribution in [0.25, 0.3) is 0 Å². The molecule has 0 aliphatic rings. The summed E-state index contributed by atoms with van der Waals surface area (Å²) in [7, 11) is 1.40. The minimum atomic E-state index is -1.19. The number of imide groups is 1. The molecule has 0 saturated heterocycles. The van der Waals surface area contributed by atoms with Gasteiger partial charge in [0.2, 0.25) is 0 Å². The number of carbonyl (C=O) groups excluding carboxylic acids is 3. The minimum absolute atomic E-state index is 0.0816. The molecule has 3 amide bonds. The molecular formula is C19H19ClN2O5. The first-order chi connectivity index (χ1) is 12.9. The standard InChI is InChI=1S/C19H19ClN2O5/c1-12(27-18(24)15-10-14(20)8-9-16(15)26-2)17(23)22-19(25)21-11-13-6-4-3-5-7-13/h3-10,12H,11H2,1-2H3,(H2,21,22,23,25)/t12-/m0/s1. The zero-order valence-electron chi connectivity index (χ0n) is 14.8. The molecule has 27 heavy (non-hydrogen) atoms. The van der Waals surface area contributed by atoms with E-state index in [1.807, 2.05) is 30.3 Å². The molecule has 0 aromatic heterocycles. The first-order valence-electron chi connectivity index (χ1n) is 8.08. The lowest BCUT2D eigenvalue weighted by Crippen LogP contribution is -2.44. The summed E-state index contributed by atoms with van der Waals surface area (Å²) in [5, 5.41) is 4.99. The molecule has 1 atom stereocenters. The summed E-state index contributed by atoms with van der Waals surface area (Å²) in [6, 6.07) is 13.0. The van der Waals surface area contributed by atoms with E-state index >= 15 is 0 Å². The quantitative estimate of drug-likeness (QED) is 0.739. The minimum Gasteiger partial charge on any atom is -0.496 e. The van der Waals surface area contributed by atoms with Gasteiger partial charge in [0, 0.05) is 11.6 Å². The molecule has 8 heteroatoms. The summed E-state index contributed by atoms with van der Waals surface area (Å²) in [6.45, 7) is 1.61. The summed E-state index contributed by atoms with van der Waals surface area (Å²) in [5.41, 5.74) is 0.964. The van der Waals surface area contributed by atoms with Crippen LogP contribution in [0.1, 0.15) is 22.8 Å². The fraction of sp³-hybridized carbons (Fsp3) is 0.211. The molecule has 0 aliphatic carbocycles. The van der Waals surface area contributed by atoms with E-state index in [0.717, 1.165) is 5.56 Å². The van der Waals surface area contributed by atoms with E-state index < -0.39 is 24.0 Å². The molecule has 0 radical (unpaired) electrons. The number of hydrogen-bond donors (Lipinski definition) is 2. The molecule has 0 saturated carbocycles. The summed E-state index contributed by atoms with van der Waals surface area (Å²) in [4.78, 5) is 36.1. The van der Waals surface area contributed by atoms with Crippen LogP contribution in [-0.4, -0.2) is 31.1 Å². The van der Waals surface area contributed by atoms with Crippen molar-refractivity contribution in [2.24, 2.45) is 0 Å². The predicted octanol–water partition coefficient (Wildman–Crippen LogP) is 2.92. The van der Waals surface area contributed by atoms with Crippen molar-refractivity contribution in [2.75, 3.05) is 7.11 Å². The van der Waals surface area contributed by atoms with Crippen molar-refractivity contribution in [1.82, 2.24) is 10.6 Å². The summed E-state index contributed by atoms with van der Waals surface area (Å²) >= 11 is 5.88. The Balaban J connectivity index is 1.88. The van der Waals surface area contributed by atoms with Crippen LogP contribution < -0.4 is 15.4 Å². The average Bonchev–Trinajstić information content (AvgIpc) is 2.67. The zero-order chi connectivity index (χ0) is 19.8. The third-order valence-corrected chi connectivity index (χ3v) is 3.80. The maximum absolute atomic E-state index is 12.2. The highest BCUT2D eigenvalue weighted by molar-refractivity contribution is 6.31. The Morgan fingerprint density at radius 1 is 1.11 bits per heavy atom. The molecule has 2 aromatic carbocycles. The van der Waals surface area contributed by atoms with Crippen LogP contribution in [0.15, 0.2) is 48.5 Å². The molecule has 0 unspecified atom stereocenters. The Hall–Kier alpha value is -3.06. The van der Waals surface area contributed by atoms with E-state index in [2.05, 4.69) is 10.6 Å². The van der Waals surface area contributed by atoms with E-state index in [9.17, 15) is 14.4 Å². The van der Waals surface area contributed by atoms with Gasteiger partial charge in [0.1, 0.15) is 11.3 Å². The van der Waals surface area contributed by atoms with Crippen molar-refractivity contribution < 1.29 is 23.9 Å². The van der Waals surface area contributed by atoms with E-state index in [-0.39, 0.29) is 17.9 Å². The first-order valence-corrected chi connectivity index (χ1v) is 8.45. The van der Waals surface area contributed by atoms with Gasteiger partial charge in [-0.25, -0.2) is 9.59 Å². The Morgan fingerprint density at radius 3 is 2.48 bits per heavy atom. The number of methoxy groups -OCH3 is 1. The van der Waals surface area contributed by atoms with Gasteiger partial charge in [-0.2, -0.15) is 0 Å². The van der Waals surface area contributed by atoms with Crippen LogP contribution >= 0.6 is 11.6 Å². The van der Waals surface area contributed by atoms with Crippen molar-refractivity contribution in [3.05, 3.63) is 64.7 Å². The largest absolute Gasteiger partial charge is 0.496 e. The fourth-order valence-electron chi connectivity index (χ4n) is 2.15. The molecule has 0 bridgehead atoms. The van der Waals surface area contributed by atoms with E-state index in [4.69, 9.17) is 21.1 Å². The number of urea groups is 1. The molecular weight excluding hydrogens is 372 g/mol. The van der Waals surface area contributed by atoms with Gasteiger partial charge in [-0.05, 0) is 30.7 Å². The van der Waals surface area contributed by atoms with Gasteiger partial charge in [-0.3, -0.25) is 10.1 Å². The Labute approximate surface area is 161 Å². The van der Waals surface area contributed by atoms with Crippen LogP contribution in [0.5, 0.6) is 5.75 Å². The second-order valence-electron chi connectivity index (χ2n) is 5.55. The van der Waals surface area contributed by atoms with Crippen molar-refractivity contribution in [1.29, 1.82) is 0 Å². The maximum atomic E-state index is 12.2. The zero-order valence-corrected chi connectivity index (χ0v) is 15.6. The van der Waals surface area contributed by atoms with Crippen LogP contribution in [-0.2, 0) is 16.1 Å². The molecule has 0 spiro atoms. The molecule has 7 nitrogen and oxygen atoms in total. The first kappa shape index (κ1) is 20.3. The molecule has 0 aliphatic heterocycles. The number of hydrogen-bond acceptors (Lipinski definition) is 5. The number of esters is 1. The van der Waals surface area contributed by atoms with Gasteiger partial charge in [0.15, 0.2) is 6.10 Å². The summed E-state index contributed by atoms with van der Waals surface area (Å²) < 4.78 is 10.2. The smallest absolute Gasteiger partial charge is 0.342 e. The number of rotatable bonds is 6. The Bertz CT molecular complexity index is 826. The monoisotopic (exact) mass is 390 g/mol. The lowest BCUT2D eigenvalue weighted by molar-refractivity contribution is -0.127. The SMILES string of the molecule is COc1ccc(Cl)cc1C(=O)O[C@@H](C)C(=O)NC(=O)NCc1ccccc1. The molecule has 2 rings (SSSR count). The van der Waals surface area contributed by atoms with E-state index in [1.165, 1.54) is 26.2 Å². The van der Waals surface area contributed by atoms with E-state index in [0.29, 0.717) is 5.02 Å². The highest BCUT2D eigenvalue weighted by atomic mass is 35.5. The van der Waals surface area contributed by atoms with Gasteiger partial charge in [0.25, 0.3) is 5.91 Å². The third kappa shape index (κ3) is 6.00. The molecule has 2 N–H and O–H groups in total. The van der Waals surface area contributed by atoms with Crippen LogP contribution in [0.4, 0.5) is 4.79 Å². The molecule has 0 heterocycles. The topological polar surface area (TPSA) is 93.7 Å². The summed E-state index contributed by atoms with van der Waals surface area (Å²) in [6.07, 6.45) is -1.19. The molecule has 0 fully saturated rings. The second-order valence-corrected chi connectivity index (χ2v) is 5.99. The van der Waals surface area contributed by atoms with Crippen LogP contribution in [0.3, 0.4) is 0 Å². The highest BCUT2D eigenvalue weighted by Crippen LogP contribution is 2.23. The maximum Gasteiger partial charge on any atom is 0.342 e. The van der Waals surface area contributed by atoms with E-state index in [1.54, 1.807) is 6.07 Å². The molecule has 2 aromatic rings. The average molecular weight is 391 g/mol. The third-order valence-electron chi connectivity index (χ3n) is 3.57. The normalized spacial score (nSPS) is 11.2. The Kier molecular flexibility index (Phi) is 7.19.